The van der Waals surface area contributed by atoms with Crippen LogP contribution in [-0.4, -0.2) is 36.8 Å². The lowest BCUT2D eigenvalue weighted by Gasteiger charge is -2.22. The lowest BCUT2D eigenvalue weighted by Crippen LogP contribution is -2.25. The number of fused-ring (bicyclic) bond motifs is 2. The summed E-state index contributed by atoms with van der Waals surface area (Å²) < 4.78 is 11.3. The van der Waals surface area contributed by atoms with Crippen molar-refractivity contribution in [1.82, 2.24) is 9.97 Å². The van der Waals surface area contributed by atoms with Crippen molar-refractivity contribution >= 4 is 5.82 Å². The van der Waals surface area contributed by atoms with Crippen LogP contribution in [0.2, 0.25) is 0 Å². The molecule has 24 heavy (non-hydrogen) atoms. The SMILES string of the molecule is COCC1CCN(c2nc(C)nc3c2Cc2ccccc2OC3)C1. The summed E-state index contributed by atoms with van der Waals surface area (Å²) in [4.78, 5) is 11.8. The molecule has 126 valence electrons. The van der Waals surface area contributed by atoms with E-state index in [2.05, 4.69) is 22.0 Å². The van der Waals surface area contributed by atoms with E-state index in [-0.39, 0.29) is 0 Å². The third kappa shape index (κ3) is 2.84. The summed E-state index contributed by atoms with van der Waals surface area (Å²) in [6.07, 6.45) is 1.98. The van der Waals surface area contributed by atoms with E-state index in [1.807, 2.05) is 19.1 Å². The molecule has 1 aromatic heterocycles. The van der Waals surface area contributed by atoms with Crippen molar-refractivity contribution in [3.63, 3.8) is 0 Å². The number of hydrogen-bond acceptors (Lipinski definition) is 5. The van der Waals surface area contributed by atoms with Crippen LogP contribution < -0.4 is 9.64 Å². The van der Waals surface area contributed by atoms with Crippen molar-refractivity contribution < 1.29 is 9.47 Å². The molecule has 0 amide bonds. The minimum Gasteiger partial charge on any atom is -0.487 e. The maximum absolute atomic E-state index is 5.98. The predicted octanol–water partition coefficient (Wildman–Crippen LogP) is 2.74. The number of para-hydroxylation sites is 1. The number of aryl methyl sites for hydroxylation is 1. The van der Waals surface area contributed by atoms with Gasteiger partial charge >= 0.3 is 0 Å². The van der Waals surface area contributed by atoms with Crippen LogP contribution in [0.5, 0.6) is 5.75 Å². The summed E-state index contributed by atoms with van der Waals surface area (Å²) in [5.41, 5.74) is 3.44. The van der Waals surface area contributed by atoms with Crippen molar-refractivity contribution in [3.05, 3.63) is 46.9 Å². The Balaban J connectivity index is 1.71. The summed E-state index contributed by atoms with van der Waals surface area (Å²) in [7, 11) is 1.78. The monoisotopic (exact) mass is 325 g/mol. The van der Waals surface area contributed by atoms with E-state index in [9.17, 15) is 0 Å². The Bertz CT molecular complexity index is 747. The second kappa shape index (κ2) is 6.40. The van der Waals surface area contributed by atoms with Crippen LogP contribution >= 0.6 is 0 Å². The summed E-state index contributed by atoms with van der Waals surface area (Å²) in [6.45, 7) is 5.32. The topological polar surface area (TPSA) is 47.5 Å². The van der Waals surface area contributed by atoms with Crippen molar-refractivity contribution in [1.29, 1.82) is 0 Å². The van der Waals surface area contributed by atoms with Crippen LogP contribution in [0.3, 0.4) is 0 Å². The smallest absolute Gasteiger partial charge is 0.136 e. The standard InChI is InChI=1S/C19H23N3O2/c1-13-20-17-12-24-18-6-4-3-5-15(18)9-16(17)19(21-13)22-8-7-14(10-22)11-23-2/h3-6,14H,7-12H2,1-2H3. The van der Waals surface area contributed by atoms with Gasteiger partial charge in [0.1, 0.15) is 24.0 Å². The summed E-state index contributed by atoms with van der Waals surface area (Å²) in [5.74, 6) is 3.43. The Kier molecular flexibility index (Phi) is 4.10. The number of hydrogen-bond donors (Lipinski definition) is 0. The van der Waals surface area contributed by atoms with Crippen LogP contribution in [-0.2, 0) is 17.8 Å². The molecule has 5 nitrogen and oxygen atoms in total. The first-order valence-corrected chi connectivity index (χ1v) is 8.55. The molecule has 4 rings (SSSR count). The average Bonchev–Trinajstić information content (AvgIpc) is 2.96. The first kappa shape index (κ1) is 15.4. The third-order valence-electron chi connectivity index (χ3n) is 4.87. The Labute approximate surface area is 142 Å². The van der Waals surface area contributed by atoms with E-state index in [1.165, 1.54) is 11.1 Å². The minimum atomic E-state index is 0.512. The van der Waals surface area contributed by atoms with Gasteiger partial charge in [0.25, 0.3) is 0 Å². The van der Waals surface area contributed by atoms with Gasteiger partial charge in [0.15, 0.2) is 0 Å². The second-order valence-corrected chi connectivity index (χ2v) is 6.65. The highest BCUT2D eigenvalue weighted by Crippen LogP contribution is 2.34. The Hall–Kier alpha value is -2.14. The number of rotatable bonds is 3. The fraction of sp³-hybridized carbons (Fsp3) is 0.474. The Morgan fingerprint density at radius 1 is 1.29 bits per heavy atom. The number of aromatic nitrogens is 2. The molecule has 2 aliphatic rings. The van der Waals surface area contributed by atoms with Crippen molar-refractivity contribution in [2.24, 2.45) is 5.92 Å². The van der Waals surface area contributed by atoms with Gasteiger partial charge < -0.3 is 14.4 Å². The zero-order chi connectivity index (χ0) is 16.5. The van der Waals surface area contributed by atoms with E-state index in [1.54, 1.807) is 7.11 Å². The fourth-order valence-corrected chi connectivity index (χ4v) is 3.72. The second-order valence-electron chi connectivity index (χ2n) is 6.65. The van der Waals surface area contributed by atoms with Crippen LogP contribution in [0.1, 0.15) is 29.1 Å². The third-order valence-corrected chi connectivity index (χ3v) is 4.87. The maximum Gasteiger partial charge on any atom is 0.136 e. The zero-order valence-corrected chi connectivity index (χ0v) is 14.3. The summed E-state index contributed by atoms with van der Waals surface area (Å²) >= 11 is 0. The quantitative estimate of drug-likeness (QED) is 0.868. The molecule has 1 atom stereocenters. The minimum absolute atomic E-state index is 0.512. The molecular weight excluding hydrogens is 302 g/mol. The number of methoxy groups -OCH3 is 1. The molecule has 0 aliphatic carbocycles. The van der Waals surface area contributed by atoms with Gasteiger partial charge in [-0.05, 0) is 25.0 Å². The van der Waals surface area contributed by atoms with E-state index in [0.29, 0.717) is 12.5 Å². The van der Waals surface area contributed by atoms with E-state index in [0.717, 1.165) is 55.6 Å². The van der Waals surface area contributed by atoms with Crippen LogP contribution in [0.25, 0.3) is 0 Å². The molecule has 3 heterocycles. The fourth-order valence-electron chi connectivity index (χ4n) is 3.72. The van der Waals surface area contributed by atoms with Gasteiger partial charge in [-0.1, -0.05) is 18.2 Å². The van der Waals surface area contributed by atoms with E-state index >= 15 is 0 Å². The highest BCUT2D eigenvalue weighted by molar-refractivity contribution is 5.54. The summed E-state index contributed by atoms with van der Waals surface area (Å²) in [5, 5.41) is 0. The van der Waals surface area contributed by atoms with Crippen molar-refractivity contribution in [2.45, 2.75) is 26.4 Å². The van der Waals surface area contributed by atoms with Gasteiger partial charge in [-0.2, -0.15) is 0 Å². The molecule has 5 heteroatoms. The highest BCUT2D eigenvalue weighted by atomic mass is 16.5. The van der Waals surface area contributed by atoms with Gasteiger partial charge in [0.05, 0.1) is 12.3 Å². The van der Waals surface area contributed by atoms with Gasteiger partial charge in [-0.25, -0.2) is 9.97 Å². The number of benzene rings is 1. The first-order valence-electron chi connectivity index (χ1n) is 8.55. The highest BCUT2D eigenvalue weighted by Gasteiger charge is 2.28. The van der Waals surface area contributed by atoms with Crippen molar-refractivity contribution in [2.75, 3.05) is 31.7 Å². The lowest BCUT2D eigenvalue weighted by atomic mass is 10.0. The molecule has 1 saturated heterocycles. The lowest BCUT2D eigenvalue weighted by molar-refractivity contribution is 0.161. The number of ether oxygens (including phenoxy) is 2. The number of anilines is 1. The zero-order valence-electron chi connectivity index (χ0n) is 14.3. The molecule has 2 aromatic rings. The largest absolute Gasteiger partial charge is 0.487 e. The molecule has 0 bridgehead atoms. The Morgan fingerprint density at radius 2 is 2.17 bits per heavy atom. The predicted molar refractivity (Wildman–Crippen MR) is 92.5 cm³/mol. The molecule has 0 N–H and O–H groups in total. The van der Waals surface area contributed by atoms with Gasteiger partial charge in [0.2, 0.25) is 0 Å². The molecule has 0 radical (unpaired) electrons. The van der Waals surface area contributed by atoms with E-state index in [4.69, 9.17) is 14.5 Å². The number of nitrogens with zero attached hydrogens (tertiary/aromatic N) is 3. The average molecular weight is 325 g/mol. The van der Waals surface area contributed by atoms with Gasteiger partial charge in [-0.15, -0.1) is 0 Å². The van der Waals surface area contributed by atoms with Crippen LogP contribution in [0.4, 0.5) is 5.82 Å². The Morgan fingerprint density at radius 3 is 3.04 bits per heavy atom. The van der Waals surface area contributed by atoms with Crippen LogP contribution in [0.15, 0.2) is 24.3 Å². The normalized spacial score (nSPS) is 19.4. The molecule has 0 saturated carbocycles. The van der Waals surface area contributed by atoms with Crippen LogP contribution in [0, 0.1) is 12.8 Å². The molecule has 2 aliphatic heterocycles. The molecule has 1 unspecified atom stereocenters. The first-order chi connectivity index (χ1) is 11.7. The molecule has 0 spiro atoms. The molecule has 1 fully saturated rings. The van der Waals surface area contributed by atoms with Gasteiger partial charge in [0, 0.05) is 38.1 Å². The van der Waals surface area contributed by atoms with Gasteiger partial charge in [-0.3, -0.25) is 0 Å². The molecular formula is C19H23N3O2. The maximum atomic E-state index is 5.98. The van der Waals surface area contributed by atoms with Crippen molar-refractivity contribution in [3.8, 4) is 5.75 Å². The van der Waals surface area contributed by atoms with E-state index < -0.39 is 0 Å². The summed E-state index contributed by atoms with van der Waals surface area (Å²) in [6, 6.07) is 8.24. The molecule has 1 aromatic carbocycles.